The molecule has 0 saturated carbocycles. The summed E-state index contributed by atoms with van der Waals surface area (Å²) in [4.78, 5) is 16.8. The standard InChI is InChI=1S/C24H19FN2O2/c25-21-12-18-9-5-11-26-23(18)20(13-21)16-29-22-10-4-8-19(14-22)24(28)27-15-17-6-2-1-3-7-17/h1-14H,15-16H2,(H,27,28). The largest absolute Gasteiger partial charge is 0.489 e. The normalized spacial score (nSPS) is 10.7. The number of nitrogens with one attached hydrogen (secondary N) is 1. The van der Waals surface area contributed by atoms with Crippen LogP contribution in [0.1, 0.15) is 21.5 Å². The van der Waals surface area contributed by atoms with Crippen LogP contribution in [-0.4, -0.2) is 10.9 Å². The highest BCUT2D eigenvalue weighted by molar-refractivity contribution is 5.94. The van der Waals surface area contributed by atoms with Crippen molar-refractivity contribution in [1.29, 1.82) is 0 Å². The Kier molecular flexibility index (Phi) is 5.47. The molecular formula is C24H19FN2O2. The van der Waals surface area contributed by atoms with Crippen LogP contribution in [0.3, 0.4) is 0 Å². The number of benzene rings is 3. The number of carbonyl (C=O) groups is 1. The van der Waals surface area contributed by atoms with Crippen LogP contribution < -0.4 is 10.1 Å². The molecule has 4 aromatic rings. The Morgan fingerprint density at radius 1 is 0.966 bits per heavy atom. The van der Waals surface area contributed by atoms with Crippen molar-refractivity contribution >= 4 is 16.8 Å². The molecule has 0 aliphatic heterocycles. The molecule has 3 aromatic carbocycles. The molecule has 29 heavy (non-hydrogen) atoms. The molecule has 0 unspecified atom stereocenters. The van der Waals surface area contributed by atoms with Gasteiger partial charge in [0.15, 0.2) is 0 Å². The fourth-order valence-electron chi connectivity index (χ4n) is 3.11. The minimum Gasteiger partial charge on any atom is -0.489 e. The van der Waals surface area contributed by atoms with Gasteiger partial charge in [-0.1, -0.05) is 42.5 Å². The summed E-state index contributed by atoms with van der Waals surface area (Å²) in [5, 5.41) is 3.62. The highest BCUT2D eigenvalue weighted by Crippen LogP contribution is 2.21. The average molecular weight is 386 g/mol. The monoisotopic (exact) mass is 386 g/mol. The number of carbonyl (C=O) groups excluding carboxylic acids is 1. The predicted molar refractivity (Wildman–Crippen MR) is 110 cm³/mol. The first-order chi connectivity index (χ1) is 14.2. The molecule has 0 bridgehead atoms. The van der Waals surface area contributed by atoms with E-state index in [-0.39, 0.29) is 18.3 Å². The molecule has 5 heteroatoms. The molecule has 4 rings (SSSR count). The van der Waals surface area contributed by atoms with Crippen molar-refractivity contribution in [3.63, 3.8) is 0 Å². The number of hydrogen-bond acceptors (Lipinski definition) is 3. The van der Waals surface area contributed by atoms with E-state index in [1.54, 1.807) is 36.5 Å². The van der Waals surface area contributed by atoms with Crippen LogP contribution in [0.15, 0.2) is 85.1 Å². The van der Waals surface area contributed by atoms with Gasteiger partial charge >= 0.3 is 0 Å². The Morgan fingerprint density at radius 2 is 1.83 bits per heavy atom. The lowest BCUT2D eigenvalue weighted by Gasteiger charge is -2.10. The lowest BCUT2D eigenvalue weighted by Crippen LogP contribution is -2.22. The van der Waals surface area contributed by atoms with Crippen LogP contribution in [0, 0.1) is 5.82 Å². The Balaban J connectivity index is 1.45. The molecule has 0 saturated heterocycles. The maximum atomic E-state index is 13.9. The summed E-state index contributed by atoms with van der Waals surface area (Å²) in [6.07, 6.45) is 1.67. The Labute approximate surface area is 168 Å². The van der Waals surface area contributed by atoms with Gasteiger partial charge in [-0.15, -0.1) is 0 Å². The van der Waals surface area contributed by atoms with E-state index in [2.05, 4.69) is 10.3 Å². The van der Waals surface area contributed by atoms with E-state index >= 15 is 0 Å². The van der Waals surface area contributed by atoms with Crippen molar-refractivity contribution in [2.45, 2.75) is 13.2 Å². The highest BCUT2D eigenvalue weighted by Gasteiger charge is 2.09. The molecule has 1 heterocycles. The van der Waals surface area contributed by atoms with Crippen LogP contribution in [-0.2, 0) is 13.2 Å². The number of halogens is 1. The van der Waals surface area contributed by atoms with Crippen LogP contribution >= 0.6 is 0 Å². The highest BCUT2D eigenvalue weighted by atomic mass is 19.1. The molecule has 0 aliphatic rings. The van der Waals surface area contributed by atoms with Gasteiger partial charge in [-0.3, -0.25) is 9.78 Å². The molecule has 1 N–H and O–H groups in total. The summed E-state index contributed by atoms with van der Waals surface area (Å²) in [5.74, 6) is 0.0148. The summed E-state index contributed by atoms with van der Waals surface area (Å²) >= 11 is 0. The van der Waals surface area contributed by atoms with Crippen molar-refractivity contribution in [2.75, 3.05) is 0 Å². The van der Waals surface area contributed by atoms with E-state index in [0.29, 0.717) is 28.9 Å². The second-order valence-electron chi connectivity index (χ2n) is 6.62. The van der Waals surface area contributed by atoms with Gasteiger partial charge in [0.1, 0.15) is 18.2 Å². The number of aromatic nitrogens is 1. The molecular weight excluding hydrogens is 367 g/mol. The number of nitrogens with zero attached hydrogens (tertiary/aromatic N) is 1. The molecule has 1 aromatic heterocycles. The van der Waals surface area contributed by atoms with E-state index in [0.717, 1.165) is 10.9 Å². The summed E-state index contributed by atoms with van der Waals surface area (Å²) in [7, 11) is 0. The second kappa shape index (κ2) is 8.52. The first-order valence-electron chi connectivity index (χ1n) is 9.27. The zero-order chi connectivity index (χ0) is 20.1. The maximum Gasteiger partial charge on any atom is 0.251 e. The zero-order valence-corrected chi connectivity index (χ0v) is 15.6. The summed E-state index contributed by atoms with van der Waals surface area (Å²) in [5.41, 5.74) is 2.88. The van der Waals surface area contributed by atoms with Crippen LogP contribution in [0.25, 0.3) is 10.9 Å². The third kappa shape index (κ3) is 4.58. The van der Waals surface area contributed by atoms with E-state index in [9.17, 15) is 9.18 Å². The van der Waals surface area contributed by atoms with Crippen LogP contribution in [0.4, 0.5) is 4.39 Å². The molecule has 144 valence electrons. The van der Waals surface area contributed by atoms with Gasteiger partial charge in [0, 0.05) is 29.3 Å². The van der Waals surface area contributed by atoms with E-state index in [1.807, 2.05) is 36.4 Å². The van der Waals surface area contributed by atoms with Crippen LogP contribution in [0.5, 0.6) is 5.75 Å². The topological polar surface area (TPSA) is 51.2 Å². The minimum atomic E-state index is -0.335. The van der Waals surface area contributed by atoms with E-state index in [4.69, 9.17) is 4.74 Å². The molecule has 0 fully saturated rings. The van der Waals surface area contributed by atoms with E-state index < -0.39 is 0 Å². The molecule has 4 nitrogen and oxygen atoms in total. The van der Waals surface area contributed by atoms with Crippen molar-refractivity contribution in [2.24, 2.45) is 0 Å². The van der Waals surface area contributed by atoms with Crippen molar-refractivity contribution in [3.8, 4) is 5.75 Å². The molecule has 0 aliphatic carbocycles. The quantitative estimate of drug-likeness (QED) is 0.514. The van der Waals surface area contributed by atoms with Gasteiger partial charge in [-0.05, 0) is 42.0 Å². The Bertz CT molecular complexity index is 1150. The fraction of sp³-hybridized carbons (Fsp3) is 0.0833. The number of fused-ring (bicyclic) bond motifs is 1. The molecule has 0 spiro atoms. The van der Waals surface area contributed by atoms with E-state index in [1.165, 1.54) is 12.1 Å². The third-order valence-corrected chi connectivity index (χ3v) is 4.54. The molecule has 1 amide bonds. The van der Waals surface area contributed by atoms with Crippen molar-refractivity contribution < 1.29 is 13.9 Å². The molecule has 0 atom stereocenters. The predicted octanol–water partition coefficient (Wildman–Crippen LogP) is 4.88. The van der Waals surface area contributed by atoms with Crippen molar-refractivity contribution in [1.82, 2.24) is 10.3 Å². The number of hydrogen-bond donors (Lipinski definition) is 1. The van der Waals surface area contributed by atoms with Gasteiger partial charge in [0.05, 0.1) is 5.52 Å². The lowest BCUT2D eigenvalue weighted by molar-refractivity contribution is 0.0950. The van der Waals surface area contributed by atoms with Gasteiger partial charge < -0.3 is 10.1 Å². The fourth-order valence-corrected chi connectivity index (χ4v) is 3.11. The van der Waals surface area contributed by atoms with Gasteiger partial charge in [-0.25, -0.2) is 4.39 Å². The summed E-state index contributed by atoms with van der Waals surface area (Å²) < 4.78 is 19.7. The summed E-state index contributed by atoms with van der Waals surface area (Å²) in [6.45, 7) is 0.603. The van der Waals surface area contributed by atoms with Crippen molar-refractivity contribution in [3.05, 3.63) is 108 Å². The maximum absolute atomic E-state index is 13.9. The average Bonchev–Trinajstić information content (AvgIpc) is 2.76. The first kappa shape index (κ1) is 18.6. The SMILES string of the molecule is O=C(NCc1ccccc1)c1cccc(OCc2cc(F)cc3cccnc23)c1. The minimum absolute atomic E-state index is 0.153. The Hall–Kier alpha value is -3.73. The summed E-state index contributed by atoms with van der Waals surface area (Å²) in [6, 6.07) is 23.1. The molecule has 0 radical (unpaired) electrons. The third-order valence-electron chi connectivity index (χ3n) is 4.54. The number of pyridine rings is 1. The Morgan fingerprint density at radius 3 is 2.69 bits per heavy atom. The smallest absolute Gasteiger partial charge is 0.251 e. The zero-order valence-electron chi connectivity index (χ0n) is 15.6. The van der Waals surface area contributed by atoms with Crippen LogP contribution in [0.2, 0.25) is 0 Å². The second-order valence-corrected chi connectivity index (χ2v) is 6.62. The van der Waals surface area contributed by atoms with Gasteiger partial charge in [0.2, 0.25) is 0 Å². The lowest BCUT2D eigenvalue weighted by atomic mass is 10.1. The number of ether oxygens (including phenoxy) is 1. The first-order valence-corrected chi connectivity index (χ1v) is 9.27. The number of amides is 1. The van der Waals surface area contributed by atoms with Gasteiger partial charge in [0.25, 0.3) is 5.91 Å². The van der Waals surface area contributed by atoms with Gasteiger partial charge in [-0.2, -0.15) is 0 Å². The number of rotatable bonds is 6.